The topological polar surface area (TPSA) is 12.0 Å². The lowest BCUT2D eigenvalue weighted by atomic mass is 9.93. The lowest BCUT2D eigenvalue weighted by Crippen LogP contribution is -2.39. The predicted molar refractivity (Wildman–Crippen MR) is 97.5 cm³/mol. The molecular weight excluding hydrogens is 385 g/mol. The standard InChI is InChI=1S/C15H24INS2/c1-4-15(5-2,18-3)10-17-12-7-6-8-13-11(12)9-14(16)19-13/h9,12,17H,4-8,10H2,1-3H3. The smallest absolute Gasteiger partial charge is 0.0659 e. The summed E-state index contributed by atoms with van der Waals surface area (Å²) in [6, 6.07) is 2.99. The molecule has 0 amide bonds. The Morgan fingerprint density at radius 1 is 1.47 bits per heavy atom. The Labute approximate surface area is 139 Å². The number of halogens is 1. The van der Waals surface area contributed by atoms with Gasteiger partial charge in [-0.25, -0.2) is 0 Å². The summed E-state index contributed by atoms with van der Waals surface area (Å²) < 4.78 is 1.86. The quantitative estimate of drug-likeness (QED) is 0.645. The zero-order valence-corrected chi connectivity index (χ0v) is 15.9. The number of aryl methyl sites for hydroxylation is 1. The molecule has 19 heavy (non-hydrogen) atoms. The van der Waals surface area contributed by atoms with Gasteiger partial charge in [0.15, 0.2) is 0 Å². The van der Waals surface area contributed by atoms with Crippen LogP contribution >= 0.6 is 45.7 Å². The zero-order chi connectivity index (χ0) is 13.9. The molecule has 1 aromatic heterocycles. The maximum atomic E-state index is 3.87. The van der Waals surface area contributed by atoms with Crippen LogP contribution in [-0.2, 0) is 6.42 Å². The minimum atomic E-state index is 0.417. The minimum Gasteiger partial charge on any atom is -0.309 e. The van der Waals surface area contributed by atoms with Gasteiger partial charge in [0, 0.05) is 22.2 Å². The first-order valence-corrected chi connectivity index (χ1v) is 10.3. The third kappa shape index (κ3) is 3.69. The number of hydrogen-bond acceptors (Lipinski definition) is 3. The average Bonchev–Trinajstić information content (AvgIpc) is 2.82. The van der Waals surface area contributed by atoms with Gasteiger partial charge in [-0.2, -0.15) is 11.8 Å². The lowest BCUT2D eigenvalue weighted by Gasteiger charge is -2.33. The lowest BCUT2D eigenvalue weighted by molar-refractivity contribution is 0.412. The van der Waals surface area contributed by atoms with Crippen molar-refractivity contribution in [1.29, 1.82) is 0 Å². The Bertz CT molecular complexity index is 404. The van der Waals surface area contributed by atoms with Crippen molar-refractivity contribution in [2.75, 3.05) is 12.8 Å². The highest BCUT2D eigenvalue weighted by atomic mass is 127. The monoisotopic (exact) mass is 409 g/mol. The third-order valence-electron chi connectivity index (χ3n) is 4.48. The van der Waals surface area contributed by atoms with Crippen molar-refractivity contribution >= 4 is 45.7 Å². The predicted octanol–water partition coefficient (Wildman–Crippen LogP) is 5.24. The molecule has 1 heterocycles. The van der Waals surface area contributed by atoms with Gasteiger partial charge < -0.3 is 5.32 Å². The van der Waals surface area contributed by atoms with Gasteiger partial charge in [0.25, 0.3) is 0 Å². The number of thioether (sulfide) groups is 1. The van der Waals surface area contributed by atoms with Gasteiger partial charge in [0.05, 0.1) is 2.88 Å². The Morgan fingerprint density at radius 2 is 2.21 bits per heavy atom. The first-order chi connectivity index (χ1) is 9.14. The molecule has 0 saturated heterocycles. The fourth-order valence-corrected chi connectivity index (χ4v) is 5.83. The summed E-state index contributed by atoms with van der Waals surface area (Å²) in [4.78, 5) is 1.62. The van der Waals surface area contributed by atoms with E-state index in [9.17, 15) is 0 Å². The number of nitrogens with one attached hydrogen (secondary N) is 1. The normalized spacial score (nSPS) is 19.5. The van der Waals surface area contributed by atoms with Crippen LogP contribution in [0.3, 0.4) is 0 Å². The molecule has 1 unspecified atom stereocenters. The van der Waals surface area contributed by atoms with Crippen molar-refractivity contribution in [3.63, 3.8) is 0 Å². The molecule has 1 aromatic rings. The molecule has 1 atom stereocenters. The number of rotatable bonds is 6. The molecule has 1 nitrogen and oxygen atoms in total. The van der Waals surface area contributed by atoms with E-state index in [0.29, 0.717) is 10.8 Å². The second-order valence-electron chi connectivity index (χ2n) is 5.35. The van der Waals surface area contributed by atoms with Crippen LogP contribution in [0.15, 0.2) is 6.07 Å². The van der Waals surface area contributed by atoms with E-state index in [1.54, 1.807) is 10.4 Å². The molecule has 0 saturated carbocycles. The maximum absolute atomic E-state index is 3.87. The Balaban J connectivity index is 2.04. The van der Waals surface area contributed by atoms with E-state index in [0.717, 1.165) is 6.54 Å². The molecule has 0 fully saturated rings. The molecule has 4 heteroatoms. The minimum absolute atomic E-state index is 0.417. The number of hydrogen-bond donors (Lipinski definition) is 1. The van der Waals surface area contributed by atoms with Gasteiger partial charge in [0.1, 0.15) is 0 Å². The van der Waals surface area contributed by atoms with Gasteiger partial charge >= 0.3 is 0 Å². The molecule has 1 aliphatic carbocycles. The van der Waals surface area contributed by atoms with E-state index in [1.165, 1.54) is 35.0 Å². The van der Waals surface area contributed by atoms with Crippen molar-refractivity contribution in [1.82, 2.24) is 5.32 Å². The summed E-state index contributed by atoms with van der Waals surface area (Å²) in [5.74, 6) is 0. The highest BCUT2D eigenvalue weighted by Gasteiger charge is 2.28. The molecule has 0 aromatic carbocycles. The summed E-state index contributed by atoms with van der Waals surface area (Å²) in [7, 11) is 0. The molecule has 108 valence electrons. The van der Waals surface area contributed by atoms with Crippen LogP contribution in [0.4, 0.5) is 0 Å². The fourth-order valence-electron chi connectivity index (χ4n) is 2.90. The van der Waals surface area contributed by atoms with E-state index < -0.39 is 0 Å². The first-order valence-electron chi connectivity index (χ1n) is 7.20. The largest absolute Gasteiger partial charge is 0.309 e. The number of fused-ring (bicyclic) bond motifs is 1. The third-order valence-corrected chi connectivity index (χ3v) is 8.03. The van der Waals surface area contributed by atoms with Crippen LogP contribution in [0.1, 0.15) is 56.0 Å². The highest BCUT2D eigenvalue weighted by molar-refractivity contribution is 14.1. The Kier molecular flexibility index (Phi) is 6.06. The van der Waals surface area contributed by atoms with Crippen molar-refractivity contribution in [3.8, 4) is 0 Å². The Morgan fingerprint density at radius 3 is 2.84 bits per heavy atom. The molecule has 0 radical (unpaired) electrons. The molecule has 0 spiro atoms. The van der Waals surface area contributed by atoms with Crippen LogP contribution in [0.25, 0.3) is 0 Å². The maximum Gasteiger partial charge on any atom is 0.0659 e. The van der Waals surface area contributed by atoms with Crippen molar-refractivity contribution in [3.05, 3.63) is 19.4 Å². The van der Waals surface area contributed by atoms with Crippen molar-refractivity contribution in [2.45, 2.75) is 56.7 Å². The van der Waals surface area contributed by atoms with Gasteiger partial charge in [-0.1, -0.05) is 13.8 Å². The first kappa shape index (κ1) is 16.1. The second kappa shape index (κ2) is 7.14. The molecule has 0 aliphatic heterocycles. The van der Waals surface area contributed by atoms with Gasteiger partial charge in [-0.05, 0) is 72.6 Å². The summed E-state index contributed by atoms with van der Waals surface area (Å²) >= 11 is 6.48. The molecule has 1 aliphatic rings. The molecule has 2 rings (SSSR count). The van der Waals surface area contributed by atoms with Crippen LogP contribution < -0.4 is 5.32 Å². The summed E-state index contributed by atoms with van der Waals surface area (Å²) in [5.41, 5.74) is 1.59. The summed E-state index contributed by atoms with van der Waals surface area (Å²) in [5, 5.41) is 3.87. The second-order valence-corrected chi connectivity index (χ2v) is 9.65. The number of thiophene rings is 1. The van der Waals surface area contributed by atoms with E-state index in [-0.39, 0.29) is 0 Å². The van der Waals surface area contributed by atoms with Crippen LogP contribution in [0.5, 0.6) is 0 Å². The molecule has 0 bridgehead atoms. The van der Waals surface area contributed by atoms with Crippen LogP contribution in [0, 0.1) is 2.88 Å². The van der Waals surface area contributed by atoms with E-state index in [4.69, 9.17) is 0 Å². The van der Waals surface area contributed by atoms with Crippen molar-refractivity contribution in [2.24, 2.45) is 0 Å². The molecule has 1 N–H and O–H groups in total. The van der Waals surface area contributed by atoms with Gasteiger partial charge in [-0.3, -0.25) is 0 Å². The summed E-state index contributed by atoms with van der Waals surface area (Å²) in [6.45, 7) is 5.78. The van der Waals surface area contributed by atoms with Crippen LogP contribution in [-0.4, -0.2) is 17.5 Å². The SMILES string of the molecule is CCC(CC)(CNC1CCCc2sc(I)cc21)SC. The zero-order valence-electron chi connectivity index (χ0n) is 12.1. The summed E-state index contributed by atoms with van der Waals surface area (Å²) in [6.07, 6.45) is 8.69. The van der Waals surface area contributed by atoms with E-state index in [1.807, 2.05) is 23.1 Å². The fraction of sp³-hybridized carbons (Fsp3) is 0.733. The van der Waals surface area contributed by atoms with Crippen LogP contribution in [0.2, 0.25) is 0 Å². The van der Waals surface area contributed by atoms with E-state index in [2.05, 4.69) is 54.1 Å². The Hall–Kier alpha value is 0.740. The molecular formula is C15H24INS2. The van der Waals surface area contributed by atoms with E-state index >= 15 is 0 Å². The average molecular weight is 409 g/mol. The van der Waals surface area contributed by atoms with Gasteiger partial charge in [0.2, 0.25) is 0 Å². The highest BCUT2D eigenvalue weighted by Crippen LogP contribution is 2.37. The van der Waals surface area contributed by atoms with Gasteiger partial charge in [-0.15, -0.1) is 11.3 Å². The van der Waals surface area contributed by atoms with Crippen molar-refractivity contribution < 1.29 is 0 Å².